The van der Waals surface area contributed by atoms with Crippen molar-refractivity contribution >= 4 is 15.9 Å². The van der Waals surface area contributed by atoms with Gasteiger partial charge in [0.25, 0.3) is 5.91 Å². The Balaban J connectivity index is 1.36. The highest BCUT2D eigenvalue weighted by Gasteiger charge is 2.23. The highest BCUT2D eigenvalue weighted by atomic mass is 32.2. The molecular formula is C26H28N2O4S. The summed E-state index contributed by atoms with van der Waals surface area (Å²) in [5, 5.41) is 3.03. The van der Waals surface area contributed by atoms with Gasteiger partial charge in [0, 0.05) is 6.04 Å². The average Bonchev–Trinajstić information content (AvgIpc) is 3.35. The first-order valence-corrected chi connectivity index (χ1v) is 12.6. The fraction of sp³-hybridized carbons (Fsp3) is 0.269. The summed E-state index contributed by atoms with van der Waals surface area (Å²) in [6, 6.07) is 25.4. The van der Waals surface area contributed by atoms with Crippen molar-refractivity contribution in [3.05, 3.63) is 96.1 Å². The molecule has 7 heteroatoms. The molecule has 0 spiro atoms. The summed E-state index contributed by atoms with van der Waals surface area (Å²) in [4.78, 5) is 12.8. The number of hydrogen-bond donors (Lipinski definition) is 2. The molecule has 0 heterocycles. The first-order chi connectivity index (χ1) is 16.0. The smallest absolute Gasteiger partial charge is 0.258 e. The summed E-state index contributed by atoms with van der Waals surface area (Å²) >= 11 is 0. The SMILES string of the molecule is O=C(COc1ccc(S(=O)(=O)NC2CCCC2)cc1)NC(c1ccccc1)c1ccccc1. The van der Waals surface area contributed by atoms with Gasteiger partial charge in [-0.25, -0.2) is 13.1 Å². The van der Waals surface area contributed by atoms with Crippen LogP contribution < -0.4 is 14.8 Å². The molecule has 0 unspecified atom stereocenters. The zero-order valence-corrected chi connectivity index (χ0v) is 19.1. The molecule has 0 aliphatic heterocycles. The number of sulfonamides is 1. The van der Waals surface area contributed by atoms with Crippen molar-refractivity contribution in [3.8, 4) is 5.75 Å². The second-order valence-corrected chi connectivity index (χ2v) is 9.90. The van der Waals surface area contributed by atoms with Gasteiger partial charge >= 0.3 is 0 Å². The Hall–Kier alpha value is -3.16. The van der Waals surface area contributed by atoms with Crippen LogP contribution >= 0.6 is 0 Å². The minimum atomic E-state index is -3.55. The molecule has 1 aliphatic carbocycles. The Morgan fingerprint density at radius 2 is 1.39 bits per heavy atom. The molecule has 0 atom stereocenters. The third kappa shape index (κ3) is 6.21. The molecule has 0 aromatic heterocycles. The Labute approximate surface area is 195 Å². The normalized spacial score (nSPS) is 14.3. The molecule has 0 bridgehead atoms. The molecular weight excluding hydrogens is 436 g/mol. The van der Waals surface area contributed by atoms with Gasteiger partial charge in [-0.3, -0.25) is 4.79 Å². The maximum atomic E-state index is 12.7. The van der Waals surface area contributed by atoms with Gasteiger partial charge in [-0.15, -0.1) is 0 Å². The lowest BCUT2D eigenvalue weighted by molar-refractivity contribution is -0.123. The van der Waals surface area contributed by atoms with Crippen LogP contribution in [0.3, 0.4) is 0 Å². The highest BCUT2D eigenvalue weighted by Crippen LogP contribution is 2.23. The molecule has 1 amide bonds. The maximum Gasteiger partial charge on any atom is 0.258 e. The van der Waals surface area contributed by atoms with Crippen LogP contribution in [0.25, 0.3) is 0 Å². The third-order valence-corrected chi connectivity index (χ3v) is 7.29. The van der Waals surface area contributed by atoms with Crippen LogP contribution in [-0.2, 0) is 14.8 Å². The molecule has 1 saturated carbocycles. The molecule has 0 saturated heterocycles. The van der Waals surface area contributed by atoms with E-state index < -0.39 is 10.0 Å². The number of amides is 1. The number of ether oxygens (including phenoxy) is 1. The van der Waals surface area contributed by atoms with E-state index in [-0.39, 0.29) is 29.5 Å². The summed E-state index contributed by atoms with van der Waals surface area (Å²) in [5.41, 5.74) is 1.95. The van der Waals surface area contributed by atoms with E-state index in [0.717, 1.165) is 36.8 Å². The number of hydrogen-bond acceptors (Lipinski definition) is 4. The molecule has 0 radical (unpaired) electrons. The highest BCUT2D eigenvalue weighted by molar-refractivity contribution is 7.89. The van der Waals surface area contributed by atoms with Crippen molar-refractivity contribution in [3.63, 3.8) is 0 Å². The van der Waals surface area contributed by atoms with Crippen LogP contribution in [0.2, 0.25) is 0 Å². The number of carbonyl (C=O) groups is 1. The van der Waals surface area contributed by atoms with Gasteiger partial charge in [0.05, 0.1) is 10.9 Å². The number of nitrogens with one attached hydrogen (secondary N) is 2. The van der Waals surface area contributed by atoms with E-state index in [1.807, 2.05) is 60.7 Å². The van der Waals surface area contributed by atoms with E-state index in [1.165, 1.54) is 12.1 Å². The molecule has 1 fully saturated rings. The van der Waals surface area contributed by atoms with Crippen molar-refractivity contribution in [2.45, 2.75) is 42.7 Å². The lowest BCUT2D eigenvalue weighted by atomic mass is 9.99. The van der Waals surface area contributed by atoms with Crippen LogP contribution in [0.5, 0.6) is 5.75 Å². The van der Waals surface area contributed by atoms with Crippen molar-refractivity contribution in [1.82, 2.24) is 10.0 Å². The molecule has 2 N–H and O–H groups in total. The minimum absolute atomic E-state index is 0.0109. The van der Waals surface area contributed by atoms with E-state index in [2.05, 4.69) is 10.0 Å². The first-order valence-electron chi connectivity index (χ1n) is 11.2. The van der Waals surface area contributed by atoms with Gasteiger partial charge in [0.15, 0.2) is 6.61 Å². The summed E-state index contributed by atoms with van der Waals surface area (Å²) in [6.45, 7) is -0.178. The number of benzene rings is 3. The minimum Gasteiger partial charge on any atom is -0.484 e. The summed E-state index contributed by atoms with van der Waals surface area (Å²) in [6.07, 6.45) is 3.86. The summed E-state index contributed by atoms with van der Waals surface area (Å²) in [7, 11) is -3.55. The fourth-order valence-corrected chi connectivity index (χ4v) is 5.35. The van der Waals surface area contributed by atoms with Crippen LogP contribution in [0.1, 0.15) is 42.9 Å². The van der Waals surface area contributed by atoms with Crippen molar-refractivity contribution in [1.29, 1.82) is 0 Å². The van der Waals surface area contributed by atoms with Gasteiger partial charge in [0.2, 0.25) is 10.0 Å². The van der Waals surface area contributed by atoms with Crippen LogP contribution in [0.4, 0.5) is 0 Å². The fourth-order valence-electron chi connectivity index (χ4n) is 4.05. The zero-order chi connectivity index (χ0) is 23.1. The van der Waals surface area contributed by atoms with Crippen molar-refractivity contribution in [2.24, 2.45) is 0 Å². The van der Waals surface area contributed by atoms with Gasteiger partial charge < -0.3 is 10.1 Å². The average molecular weight is 465 g/mol. The van der Waals surface area contributed by atoms with Gasteiger partial charge in [-0.2, -0.15) is 0 Å². The second-order valence-electron chi connectivity index (χ2n) is 8.18. The predicted octanol–water partition coefficient (Wildman–Crippen LogP) is 4.19. The molecule has 172 valence electrons. The van der Waals surface area contributed by atoms with Crippen molar-refractivity contribution in [2.75, 3.05) is 6.61 Å². The topological polar surface area (TPSA) is 84.5 Å². The van der Waals surface area contributed by atoms with Crippen LogP contribution in [-0.4, -0.2) is 27.0 Å². The molecule has 1 aliphatic rings. The maximum absolute atomic E-state index is 12.7. The van der Waals surface area contributed by atoms with Gasteiger partial charge in [0.1, 0.15) is 5.75 Å². The van der Waals surface area contributed by atoms with E-state index in [4.69, 9.17) is 4.74 Å². The molecule has 33 heavy (non-hydrogen) atoms. The summed E-state index contributed by atoms with van der Waals surface area (Å²) < 4.78 is 33.5. The van der Waals surface area contributed by atoms with E-state index >= 15 is 0 Å². The zero-order valence-electron chi connectivity index (χ0n) is 18.3. The van der Waals surface area contributed by atoms with Crippen LogP contribution in [0, 0.1) is 0 Å². The molecule has 3 aromatic rings. The van der Waals surface area contributed by atoms with E-state index in [0.29, 0.717) is 5.75 Å². The number of carbonyl (C=O) groups excluding carboxylic acids is 1. The lowest BCUT2D eigenvalue weighted by Crippen LogP contribution is -2.33. The van der Waals surface area contributed by atoms with Gasteiger partial charge in [-0.05, 0) is 48.2 Å². The summed E-state index contributed by atoms with van der Waals surface area (Å²) in [5.74, 6) is 0.160. The van der Waals surface area contributed by atoms with Gasteiger partial charge in [-0.1, -0.05) is 73.5 Å². The first kappa shape index (κ1) is 23.0. The quantitative estimate of drug-likeness (QED) is 0.497. The Morgan fingerprint density at radius 3 is 1.94 bits per heavy atom. The molecule has 4 rings (SSSR count). The molecule has 3 aromatic carbocycles. The predicted molar refractivity (Wildman–Crippen MR) is 127 cm³/mol. The Kier molecular flexibility index (Phi) is 7.42. The monoisotopic (exact) mass is 464 g/mol. The van der Waals surface area contributed by atoms with E-state index in [9.17, 15) is 13.2 Å². The standard InChI is InChI=1S/C26H28N2O4S/c29-25(27-26(20-9-3-1-4-10-20)21-11-5-2-6-12-21)19-32-23-15-17-24(18-16-23)33(30,31)28-22-13-7-8-14-22/h1-6,9-12,15-18,22,26,28H,7-8,13-14,19H2,(H,27,29). The van der Waals surface area contributed by atoms with E-state index in [1.54, 1.807) is 12.1 Å². The van der Waals surface area contributed by atoms with Crippen LogP contribution in [0.15, 0.2) is 89.8 Å². The Bertz CT molecular complexity index is 1100. The Morgan fingerprint density at radius 1 is 0.848 bits per heavy atom. The third-order valence-electron chi connectivity index (χ3n) is 5.75. The second kappa shape index (κ2) is 10.6. The lowest BCUT2D eigenvalue weighted by Gasteiger charge is -2.20. The number of rotatable bonds is 9. The van der Waals surface area contributed by atoms with Crippen molar-refractivity contribution < 1.29 is 17.9 Å². The largest absolute Gasteiger partial charge is 0.484 e. The molecule has 6 nitrogen and oxygen atoms in total.